The molecule has 8 heteroatoms. The predicted molar refractivity (Wildman–Crippen MR) is 102 cm³/mol. The summed E-state index contributed by atoms with van der Waals surface area (Å²) in [5.41, 5.74) is 1.01. The SMILES string of the molecule is CC(C)CC(NCC(C(=O)O)c1ccc(C(=O)N2CCOCC2)cc1)C(=O)O. The molecule has 0 radical (unpaired) electrons. The Kier molecular flexibility index (Phi) is 7.95. The standard InChI is InChI=1S/C20H28N2O6/c1-13(2)11-17(20(26)27)21-12-16(19(24)25)14-3-5-15(6-4-14)18(23)22-7-9-28-10-8-22/h3-6,13,16-17,21H,7-12H2,1-2H3,(H,24,25)(H,26,27). The number of aliphatic carboxylic acids is 2. The van der Waals surface area contributed by atoms with Crippen LogP contribution in [0.25, 0.3) is 0 Å². The molecule has 1 aromatic rings. The molecule has 0 aromatic heterocycles. The summed E-state index contributed by atoms with van der Waals surface area (Å²) >= 11 is 0. The topological polar surface area (TPSA) is 116 Å². The fourth-order valence-electron chi connectivity index (χ4n) is 3.16. The van der Waals surface area contributed by atoms with Crippen LogP contribution in [0.4, 0.5) is 0 Å². The molecule has 0 bridgehead atoms. The average Bonchev–Trinajstić information content (AvgIpc) is 2.67. The molecule has 0 spiro atoms. The lowest BCUT2D eigenvalue weighted by Gasteiger charge is -2.27. The van der Waals surface area contributed by atoms with Gasteiger partial charge >= 0.3 is 11.9 Å². The summed E-state index contributed by atoms with van der Waals surface area (Å²) in [5, 5.41) is 21.7. The van der Waals surface area contributed by atoms with Gasteiger partial charge in [-0.15, -0.1) is 0 Å². The van der Waals surface area contributed by atoms with Crippen molar-refractivity contribution in [1.29, 1.82) is 0 Å². The summed E-state index contributed by atoms with van der Waals surface area (Å²) in [5.74, 6) is -2.88. The first-order valence-corrected chi connectivity index (χ1v) is 9.45. The van der Waals surface area contributed by atoms with Gasteiger partial charge < -0.3 is 25.2 Å². The van der Waals surface area contributed by atoms with Gasteiger partial charge in [-0.3, -0.25) is 14.4 Å². The van der Waals surface area contributed by atoms with Crippen LogP contribution >= 0.6 is 0 Å². The Labute approximate surface area is 164 Å². The molecule has 0 saturated carbocycles. The Morgan fingerprint density at radius 2 is 1.68 bits per heavy atom. The van der Waals surface area contributed by atoms with Crippen molar-refractivity contribution in [3.8, 4) is 0 Å². The van der Waals surface area contributed by atoms with E-state index in [0.717, 1.165) is 0 Å². The molecular formula is C20H28N2O6. The molecule has 1 aromatic carbocycles. The van der Waals surface area contributed by atoms with Crippen LogP contribution in [-0.4, -0.2) is 71.8 Å². The normalized spacial score (nSPS) is 16.6. The van der Waals surface area contributed by atoms with Gasteiger partial charge in [0, 0.05) is 25.2 Å². The highest BCUT2D eigenvalue weighted by Crippen LogP contribution is 2.18. The molecule has 1 heterocycles. The van der Waals surface area contributed by atoms with E-state index >= 15 is 0 Å². The molecule has 1 fully saturated rings. The number of rotatable bonds is 9. The number of benzene rings is 1. The highest BCUT2D eigenvalue weighted by Gasteiger charge is 2.25. The molecule has 154 valence electrons. The van der Waals surface area contributed by atoms with Gasteiger partial charge in [0.2, 0.25) is 0 Å². The zero-order valence-corrected chi connectivity index (χ0v) is 16.3. The van der Waals surface area contributed by atoms with Crippen molar-refractivity contribution in [2.75, 3.05) is 32.8 Å². The smallest absolute Gasteiger partial charge is 0.320 e. The highest BCUT2D eigenvalue weighted by atomic mass is 16.5. The molecule has 2 atom stereocenters. The van der Waals surface area contributed by atoms with E-state index in [4.69, 9.17) is 4.74 Å². The number of hydrogen-bond donors (Lipinski definition) is 3. The Morgan fingerprint density at radius 1 is 1.07 bits per heavy atom. The molecule has 2 rings (SSSR count). The zero-order chi connectivity index (χ0) is 20.7. The van der Waals surface area contributed by atoms with E-state index in [-0.39, 0.29) is 18.4 Å². The molecule has 1 amide bonds. The number of carbonyl (C=O) groups is 3. The number of morpholine rings is 1. The van der Waals surface area contributed by atoms with Crippen molar-refractivity contribution in [2.45, 2.75) is 32.2 Å². The molecule has 28 heavy (non-hydrogen) atoms. The Bertz CT molecular complexity index is 682. The quantitative estimate of drug-likeness (QED) is 0.582. The maximum absolute atomic E-state index is 12.5. The van der Waals surface area contributed by atoms with Gasteiger partial charge in [0.1, 0.15) is 6.04 Å². The van der Waals surface area contributed by atoms with Gasteiger partial charge in [-0.2, -0.15) is 0 Å². The first kappa shape index (κ1) is 21.8. The van der Waals surface area contributed by atoms with Gasteiger partial charge in [-0.1, -0.05) is 26.0 Å². The van der Waals surface area contributed by atoms with Crippen molar-refractivity contribution in [3.05, 3.63) is 35.4 Å². The first-order chi connectivity index (χ1) is 13.3. The Hall–Kier alpha value is -2.45. The fraction of sp³-hybridized carbons (Fsp3) is 0.550. The molecule has 1 aliphatic heterocycles. The van der Waals surface area contributed by atoms with Crippen LogP contribution in [0.2, 0.25) is 0 Å². The molecule has 3 N–H and O–H groups in total. The van der Waals surface area contributed by atoms with Crippen LogP contribution in [0.3, 0.4) is 0 Å². The second-order valence-electron chi connectivity index (χ2n) is 7.35. The van der Waals surface area contributed by atoms with E-state index in [2.05, 4.69) is 5.32 Å². The summed E-state index contributed by atoms with van der Waals surface area (Å²) in [4.78, 5) is 37.2. The maximum Gasteiger partial charge on any atom is 0.320 e. The summed E-state index contributed by atoms with van der Waals surface area (Å²) < 4.78 is 5.24. The minimum Gasteiger partial charge on any atom is -0.481 e. The predicted octanol–water partition coefficient (Wildman–Crippen LogP) is 1.42. The largest absolute Gasteiger partial charge is 0.481 e. The molecule has 0 aliphatic carbocycles. The van der Waals surface area contributed by atoms with Gasteiger partial charge in [0.15, 0.2) is 0 Å². The van der Waals surface area contributed by atoms with Crippen molar-refractivity contribution in [1.82, 2.24) is 10.2 Å². The number of hydrogen-bond acceptors (Lipinski definition) is 5. The lowest BCUT2D eigenvalue weighted by molar-refractivity contribution is -0.142. The van der Waals surface area contributed by atoms with Crippen LogP contribution < -0.4 is 5.32 Å². The first-order valence-electron chi connectivity index (χ1n) is 9.45. The van der Waals surface area contributed by atoms with Crippen LogP contribution in [-0.2, 0) is 14.3 Å². The van der Waals surface area contributed by atoms with E-state index in [1.54, 1.807) is 29.2 Å². The van der Waals surface area contributed by atoms with E-state index in [1.165, 1.54) is 0 Å². The van der Waals surface area contributed by atoms with E-state index in [0.29, 0.717) is 43.9 Å². The number of nitrogens with zero attached hydrogens (tertiary/aromatic N) is 1. The van der Waals surface area contributed by atoms with Gasteiger partial charge in [0.25, 0.3) is 5.91 Å². The number of amides is 1. The minimum absolute atomic E-state index is 0.00419. The Morgan fingerprint density at radius 3 is 2.18 bits per heavy atom. The summed E-state index contributed by atoms with van der Waals surface area (Å²) in [7, 11) is 0. The zero-order valence-electron chi connectivity index (χ0n) is 16.3. The summed E-state index contributed by atoms with van der Waals surface area (Å²) in [6, 6.07) is 5.67. The molecule has 8 nitrogen and oxygen atoms in total. The third-order valence-corrected chi connectivity index (χ3v) is 4.73. The van der Waals surface area contributed by atoms with Crippen LogP contribution in [0.1, 0.15) is 42.1 Å². The lowest BCUT2D eigenvalue weighted by Crippen LogP contribution is -2.41. The number of carbonyl (C=O) groups excluding carboxylic acids is 1. The molecule has 2 unspecified atom stereocenters. The summed E-state index contributed by atoms with van der Waals surface area (Å²) in [6.45, 7) is 5.92. The van der Waals surface area contributed by atoms with Crippen molar-refractivity contribution in [3.63, 3.8) is 0 Å². The maximum atomic E-state index is 12.5. The second kappa shape index (κ2) is 10.2. The lowest BCUT2D eigenvalue weighted by atomic mass is 9.96. The third kappa shape index (κ3) is 6.03. The van der Waals surface area contributed by atoms with Crippen LogP contribution in [0, 0.1) is 5.92 Å². The number of carboxylic acids is 2. The van der Waals surface area contributed by atoms with Gasteiger partial charge in [-0.25, -0.2) is 0 Å². The van der Waals surface area contributed by atoms with Crippen LogP contribution in [0.15, 0.2) is 24.3 Å². The van der Waals surface area contributed by atoms with Crippen molar-refractivity contribution < 1.29 is 29.3 Å². The minimum atomic E-state index is -1.05. The monoisotopic (exact) mass is 392 g/mol. The number of carboxylic acid groups (broad SMARTS) is 2. The highest BCUT2D eigenvalue weighted by molar-refractivity contribution is 5.94. The van der Waals surface area contributed by atoms with E-state index in [1.807, 2.05) is 13.8 Å². The van der Waals surface area contributed by atoms with E-state index < -0.39 is 23.9 Å². The third-order valence-electron chi connectivity index (χ3n) is 4.73. The molecule has 1 saturated heterocycles. The van der Waals surface area contributed by atoms with Gasteiger partial charge in [0.05, 0.1) is 19.1 Å². The molecule has 1 aliphatic rings. The molecular weight excluding hydrogens is 364 g/mol. The second-order valence-corrected chi connectivity index (χ2v) is 7.35. The average molecular weight is 392 g/mol. The van der Waals surface area contributed by atoms with E-state index in [9.17, 15) is 24.6 Å². The van der Waals surface area contributed by atoms with Gasteiger partial charge in [-0.05, 0) is 30.0 Å². The van der Waals surface area contributed by atoms with Crippen molar-refractivity contribution >= 4 is 17.8 Å². The Balaban J connectivity index is 2.05. The van der Waals surface area contributed by atoms with Crippen molar-refractivity contribution in [2.24, 2.45) is 5.92 Å². The number of nitrogens with one attached hydrogen (secondary N) is 1. The van der Waals surface area contributed by atoms with Crippen LogP contribution in [0.5, 0.6) is 0 Å². The summed E-state index contributed by atoms with van der Waals surface area (Å²) in [6.07, 6.45) is 0.411. The fourth-order valence-corrected chi connectivity index (χ4v) is 3.16. The number of ether oxygens (including phenoxy) is 1.